The van der Waals surface area contributed by atoms with Crippen LogP contribution in [-0.4, -0.2) is 58.2 Å². The van der Waals surface area contributed by atoms with Crippen LogP contribution in [0.4, 0.5) is 5.95 Å². The molecule has 7 heteroatoms. The molecule has 0 spiro atoms. The van der Waals surface area contributed by atoms with Crippen molar-refractivity contribution in [2.45, 2.75) is 6.42 Å². The summed E-state index contributed by atoms with van der Waals surface area (Å²) < 4.78 is 5.19. The molecular weight excluding hydrogens is 226 g/mol. The quantitative estimate of drug-likeness (QED) is 0.641. The largest absolute Gasteiger partial charge is 0.493 e. The summed E-state index contributed by atoms with van der Waals surface area (Å²) in [5.41, 5.74) is 0.171. The maximum Gasteiger partial charge on any atom is 0.232 e. The first kappa shape index (κ1) is 11.9. The highest BCUT2D eigenvalue weighted by molar-refractivity contribution is 5.42. The lowest BCUT2D eigenvalue weighted by Crippen LogP contribution is -2.37. The second-order valence-electron chi connectivity index (χ2n) is 3.72. The molecule has 0 saturated carbocycles. The van der Waals surface area contributed by atoms with Gasteiger partial charge in [0.2, 0.25) is 17.7 Å². The van der Waals surface area contributed by atoms with Gasteiger partial charge in [-0.05, 0) is 0 Å². The first-order chi connectivity index (χ1) is 8.22. The predicted octanol–water partition coefficient (Wildman–Crippen LogP) is -0.741. The first-order valence-electron chi connectivity index (χ1n) is 5.44. The highest BCUT2D eigenvalue weighted by Crippen LogP contribution is 2.26. The van der Waals surface area contributed by atoms with Gasteiger partial charge >= 0.3 is 0 Å². The molecule has 94 valence electrons. The number of hydrogen-bond donors (Lipinski definition) is 3. The van der Waals surface area contributed by atoms with E-state index < -0.39 is 0 Å². The van der Waals surface area contributed by atoms with E-state index in [2.05, 4.69) is 9.97 Å². The maximum absolute atomic E-state index is 9.65. The second kappa shape index (κ2) is 5.15. The maximum atomic E-state index is 9.65. The monoisotopic (exact) mass is 241 g/mol. The SMILES string of the molecule is OCCc1c(O)nc(N2CCOCC2)nc1O. The van der Waals surface area contributed by atoms with Gasteiger partial charge in [-0.25, -0.2) is 0 Å². The third-order valence-electron chi connectivity index (χ3n) is 2.61. The summed E-state index contributed by atoms with van der Waals surface area (Å²) in [6.07, 6.45) is 0.126. The fraction of sp³-hybridized carbons (Fsp3) is 0.600. The number of aromatic nitrogens is 2. The van der Waals surface area contributed by atoms with Gasteiger partial charge in [-0.3, -0.25) is 0 Å². The highest BCUT2D eigenvalue weighted by Gasteiger charge is 2.18. The summed E-state index contributed by atoms with van der Waals surface area (Å²) >= 11 is 0. The van der Waals surface area contributed by atoms with Crippen LogP contribution in [-0.2, 0) is 11.2 Å². The zero-order valence-electron chi connectivity index (χ0n) is 9.33. The van der Waals surface area contributed by atoms with Gasteiger partial charge in [0.1, 0.15) is 0 Å². The molecule has 0 aliphatic carbocycles. The van der Waals surface area contributed by atoms with Crippen LogP contribution in [0.5, 0.6) is 11.8 Å². The van der Waals surface area contributed by atoms with Gasteiger partial charge in [-0.1, -0.05) is 0 Å². The van der Waals surface area contributed by atoms with Crippen molar-refractivity contribution in [2.75, 3.05) is 37.8 Å². The van der Waals surface area contributed by atoms with Crippen molar-refractivity contribution in [1.82, 2.24) is 9.97 Å². The van der Waals surface area contributed by atoms with Crippen molar-refractivity contribution >= 4 is 5.95 Å². The average Bonchev–Trinajstić information content (AvgIpc) is 2.35. The zero-order valence-corrected chi connectivity index (χ0v) is 9.33. The van der Waals surface area contributed by atoms with Crippen LogP contribution in [0.1, 0.15) is 5.56 Å². The molecule has 0 bridgehead atoms. The lowest BCUT2D eigenvalue weighted by molar-refractivity contribution is 0.122. The molecule has 3 N–H and O–H groups in total. The van der Waals surface area contributed by atoms with E-state index in [4.69, 9.17) is 9.84 Å². The van der Waals surface area contributed by atoms with Crippen molar-refractivity contribution in [3.05, 3.63) is 5.56 Å². The Hall–Kier alpha value is -1.60. The van der Waals surface area contributed by atoms with Crippen LogP contribution in [0.3, 0.4) is 0 Å². The third-order valence-corrected chi connectivity index (χ3v) is 2.61. The Kier molecular flexibility index (Phi) is 3.60. The molecule has 17 heavy (non-hydrogen) atoms. The Bertz CT molecular complexity index is 370. The lowest BCUT2D eigenvalue weighted by atomic mass is 10.2. The summed E-state index contributed by atoms with van der Waals surface area (Å²) in [5, 5.41) is 28.1. The Morgan fingerprint density at radius 1 is 1.12 bits per heavy atom. The first-order valence-corrected chi connectivity index (χ1v) is 5.44. The van der Waals surface area contributed by atoms with Crippen molar-refractivity contribution in [1.29, 1.82) is 0 Å². The van der Waals surface area contributed by atoms with Gasteiger partial charge < -0.3 is 25.0 Å². The number of hydrogen-bond acceptors (Lipinski definition) is 7. The Morgan fingerprint density at radius 3 is 2.24 bits per heavy atom. The van der Waals surface area contributed by atoms with Crippen LogP contribution in [0, 0.1) is 0 Å². The number of aromatic hydroxyl groups is 2. The van der Waals surface area contributed by atoms with Gasteiger partial charge in [0.25, 0.3) is 0 Å². The summed E-state index contributed by atoms with van der Waals surface area (Å²) in [7, 11) is 0. The number of morpholine rings is 1. The molecule has 7 nitrogen and oxygen atoms in total. The van der Waals surface area contributed by atoms with Gasteiger partial charge in [0.05, 0.1) is 18.8 Å². The van der Waals surface area contributed by atoms with E-state index in [9.17, 15) is 10.2 Å². The number of anilines is 1. The molecule has 2 rings (SSSR count). The minimum Gasteiger partial charge on any atom is -0.493 e. The molecule has 0 amide bonds. The van der Waals surface area contributed by atoms with E-state index in [-0.39, 0.29) is 36.3 Å². The molecule has 0 radical (unpaired) electrons. The molecule has 0 atom stereocenters. The standard InChI is InChI=1S/C10H15N3O4/c14-4-1-7-8(15)11-10(12-9(7)16)13-2-5-17-6-3-13/h14H,1-6H2,(H2,11,12,15,16). The summed E-state index contributed by atoms with van der Waals surface area (Å²) in [4.78, 5) is 9.66. The average molecular weight is 241 g/mol. The summed E-state index contributed by atoms with van der Waals surface area (Å²) in [6.45, 7) is 2.21. The second-order valence-corrected chi connectivity index (χ2v) is 3.72. The molecule has 1 aromatic rings. The number of aliphatic hydroxyl groups excluding tert-OH is 1. The van der Waals surface area contributed by atoms with Gasteiger partial charge in [-0.15, -0.1) is 0 Å². The summed E-state index contributed by atoms with van der Waals surface area (Å²) in [6, 6.07) is 0. The molecule has 1 aromatic heterocycles. The van der Waals surface area contributed by atoms with Gasteiger partial charge in [-0.2, -0.15) is 9.97 Å². The molecule has 1 fully saturated rings. The summed E-state index contributed by atoms with van der Waals surface area (Å²) in [5.74, 6) is -0.286. The molecule has 1 aliphatic heterocycles. The molecule has 0 aromatic carbocycles. The Balaban J connectivity index is 2.24. The van der Waals surface area contributed by atoms with Crippen molar-refractivity contribution in [3.8, 4) is 11.8 Å². The van der Waals surface area contributed by atoms with E-state index in [0.29, 0.717) is 26.3 Å². The lowest BCUT2D eigenvalue weighted by Gasteiger charge is -2.26. The number of nitrogens with zero attached hydrogens (tertiary/aromatic N) is 3. The number of rotatable bonds is 3. The van der Waals surface area contributed by atoms with Crippen molar-refractivity contribution in [3.63, 3.8) is 0 Å². The van der Waals surface area contributed by atoms with E-state index in [0.717, 1.165) is 0 Å². The van der Waals surface area contributed by atoms with E-state index >= 15 is 0 Å². The highest BCUT2D eigenvalue weighted by atomic mass is 16.5. The Morgan fingerprint density at radius 2 is 1.71 bits per heavy atom. The Labute approximate surface area is 98.3 Å². The minimum absolute atomic E-state index is 0.126. The fourth-order valence-corrected chi connectivity index (χ4v) is 1.69. The zero-order chi connectivity index (χ0) is 12.3. The van der Waals surface area contributed by atoms with E-state index in [1.54, 1.807) is 0 Å². The molecule has 1 aliphatic rings. The van der Waals surface area contributed by atoms with Crippen LogP contribution in [0.15, 0.2) is 0 Å². The minimum atomic E-state index is -0.284. The van der Waals surface area contributed by atoms with Crippen LogP contribution in [0.25, 0.3) is 0 Å². The van der Waals surface area contributed by atoms with Crippen molar-refractivity contribution < 1.29 is 20.1 Å². The topological polar surface area (TPSA) is 98.9 Å². The normalized spacial score (nSPS) is 16.2. The van der Waals surface area contributed by atoms with Crippen LogP contribution < -0.4 is 4.90 Å². The number of ether oxygens (including phenoxy) is 1. The van der Waals surface area contributed by atoms with E-state index in [1.807, 2.05) is 4.90 Å². The van der Waals surface area contributed by atoms with Crippen LogP contribution >= 0.6 is 0 Å². The fourth-order valence-electron chi connectivity index (χ4n) is 1.69. The third kappa shape index (κ3) is 2.56. The van der Waals surface area contributed by atoms with Gasteiger partial charge in [0, 0.05) is 26.1 Å². The predicted molar refractivity (Wildman–Crippen MR) is 59.2 cm³/mol. The molecule has 1 saturated heterocycles. The molecule has 2 heterocycles. The smallest absolute Gasteiger partial charge is 0.232 e. The molecule has 0 unspecified atom stereocenters. The van der Waals surface area contributed by atoms with Gasteiger partial charge in [0.15, 0.2) is 0 Å². The molecular formula is C10H15N3O4. The van der Waals surface area contributed by atoms with Crippen LogP contribution in [0.2, 0.25) is 0 Å². The van der Waals surface area contributed by atoms with Crippen molar-refractivity contribution in [2.24, 2.45) is 0 Å². The number of aliphatic hydroxyl groups is 1. The van der Waals surface area contributed by atoms with E-state index in [1.165, 1.54) is 0 Å².